The molecule has 0 aliphatic heterocycles. The summed E-state index contributed by atoms with van der Waals surface area (Å²) >= 11 is 0. The van der Waals surface area contributed by atoms with Crippen LogP contribution in [0.1, 0.15) is 12.5 Å². The van der Waals surface area contributed by atoms with Crippen molar-refractivity contribution in [2.75, 3.05) is 0 Å². The van der Waals surface area contributed by atoms with E-state index in [0.29, 0.717) is 0 Å². The van der Waals surface area contributed by atoms with Gasteiger partial charge in [-0.15, -0.1) is 0 Å². The molecule has 0 saturated heterocycles. The lowest BCUT2D eigenvalue weighted by Gasteiger charge is -2.04. The number of nitrogens with one attached hydrogen (secondary N) is 1. The molecule has 1 aromatic carbocycles. The van der Waals surface area contributed by atoms with Crippen molar-refractivity contribution in [1.29, 1.82) is 0 Å². The average Bonchev–Trinajstić information content (AvgIpc) is 2.21. The largest absolute Gasteiger partial charge is 0.477 e. The van der Waals surface area contributed by atoms with Crippen LogP contribution in [0.3, 0.4) is 0 Å². The number of aliphatic carboxylic acids is 1. The maximum absolute atomic E-state index is 13.2. The number of carboxylic acid groups (broad SMARTS) is 1. The Kier molecular flexibility index (Phi) is 3.92. The molecule has 0 unspecified atom stereocenters. The molecule has 0 radical (unpaired) electrons. The summed E-state index contributed by atoms with van der Waals surface area (Å²) in [6.07, 6.45) is 0.731. The maximum atomic E-state index is 13.2. The molecule has 0 spiro atoms. The smallest absolute Gasteiger partial charge is 0.352 e. The van der Waals surface area contributed by atoms with Gasteiger partial charge in [-0.3, -0.25) is 4.79 Å². The van der Waals surface area contributed by atoms with E-state index in [9.17, 15) is 18.4 Å². The number of carbonyl (C=O) groups excluding carboxylic acids is 1. The molecule has 6 heteroatoms. The van der Waals surface area contributed by atoms with Crippen LogP contribution in [0.5, 0.6) is 0 Å². The van der Waals surface area contributed by atoms with Gasteiger partial charge in [-0.05, 0) is 18.2 Å². The zero-order valence-corrected chi connectivity index (χ0v) is 8.83. The van der Waals surface area contributed by atoms with E-state index in [1.165, 1.54) is 0 Å². The minimum absolute atomic E-state index is 0.515. The molecular formula is C11H9F2NO3. The van der Waals surface area contributed by atoms with Crippen molar-refractivity contribution in [1.82, 2.24) is 5.32 Å². The number of rotatable bonds is 3. The third-order valence-corrected chi connectivity index (χ3v) is 1.83. The normalized spacial score (nSPS) is 11.1. The summed E-state index contributed by atoms with van der Waals surface area (Å²) in [6.45, 7) is 1.09. The Balaban J connectivity index is 3.21. The molecule has 0 aliphatic rings. The number of halogens is 2. The van der Waals surface area contributed by atoms with Crippen LogP contribution in [0.2, 0.25) is 0 Å². The first-order valence-corrected chi connectivity index (χ1v) is 4.58. The third kappa shape index (κ3) is 3.37. The number of hydrogen-bond acceptors (Lipinski definition) is 2. The van der Waals surface area contributed by atoms with E-state index >= 15 is 0 Å². The molecule has 1 rings (SSSR count). The van der Waals surface area contributed by atoms with Gasteiger partial charge in [0.1, 0.15) is 17.3 Å². The molecule has 4 nitrogen and oxygen atoms in total. The Morgan fingerprint density at radius 1 is 1.29 bits per heavy atom. The molecule has 17 heavy (non-hydrogen) atoms. The highest BCUT2D eigenvalue weighted by Crippen LogP contribution is 2.15. The minimum Gasteiger partial charge on any atom is -0.477 e. The SMILES string of the molecule is CC(=O)N/C(=C/c1c(F)cccc1F)C(=O)O. The van der Waals surface area contributed by atoms with Crippen molar-refractivity contribution in [2.24, 2.45) is 0 Å². The topological polar surface area (TPSA) is 66.4 Å². The number of hydrogen-bond donors (Lipinski definition) is 2. The second-order valence-electron chi connectivity index (χ2n) is 3.18. The van der Waals surface area contributed by atoms with Gasteiger partial charge in [-0.1, -0.05) is 6.07 Å². The van der Waals surface area contributed by atoms with Crippen molar-refractivity contribution < 1.29 is 23.5 Å². The van der Waals surface area contributed by atoms with E-state index in [0.717, 1.165) is 31.2 Å². The Morgan fingerprint density at radius 2 is 1.82 bits per heavy atom. The highest BCUT2D eigenvalue weighted by molar-refractivity contribution is 5.96. The van der Waals surface area contributed by atoms with Gasteiger partial charge in [0.25, 0.3) is 0 Å². The van der Waals surface area contributed by atoms with Crippen LogP contribution in [0.25, 0.3) is 6.08 Å². The van der Waals surface area contributed by atoms with Crippen molar-refractivity contribution in [3.05, 3.63) is 41.1 Å². The highest BCUT2D eigenvalue weighted by Gasteiger charge is 2.13. The summed E-state index contributed by atoms with van der Waals surface area (Å²) in [5.74, 6) is -3.94. The highest BCUT2D eigenvalue weighted by atomic mass is 19.1. The Bertz CT molecular complexity index is 477. The van der Waals surface area contributed by atoms with Crippen molar-refractivity contribution in [3.8, 4) is 0 Å². The minimum atomic E-state index is -1.48. The van der Waals surface area contributed by atoms with Crippen LogP contribution in [-0.4, -0.2) is 17.0 Å². The molecule has 1 amide bonds. The molecule has 0 atom stereocenters. The van der Waals surface area contributed by atoms with E-state index in [1.54, 1.807) is 0 Å². The van der Waals surface area contributed by atoms with Crippen molar-refractivity contribution >= 4 is 18.0 Å². The van der Waals surface area contributed by atoms with E-state index in [1.807, 2.05) is 5.32 Å². The predicted octanol–water partition coefficient (Wildman–Crippen LogP) is 1.53. The molecule has 0 fully saturated rings. The van der Waals surface area contributed by atoms with Crippen LogP contribution < -0.4 is 5.32 Å². The maximum Gasteiger partial charge on any atom is 0.352 e. The Morgan fingerprint density at radius 3 is 2.24 bits per heavy atom. The molecule has 1 aromatic rings. The molecule has 2 N–H and O–H groups in total. The van der Waals surface area contributed by atoms with E-state index in [4.69, 9.17) is 5.11 Å². The monoisotopic (exact) mass is 241 g/mol. The number of amides is 1. The molecular weight excluding hydrogens is 232 g/mol. The first-order valence-electron chi connectivity index (χ1n) is 4.58. The summed E-state index contributed by atoms with van der Waals surface area (Å²) in [4.78, 5) is 21.4. The van der Waals surface area contributed by atoms with Gasteiger partial charge in [-0.25, -0.2) is 13.6 Å². The van der Waals surface area contributed by atoms with Gasteiger partial charge in [0.2, 0.25) is 5.91 Å². The predicted molar refractivity (Wildman–Crippen MR) is 55.8 cm³/mol. The lowest BCUT2D eigenvalue weighted by molar-refractivity contribution is -0.134. The lowest BCUT2D eigenvalue weighted by Crippen LogP contribution is -2.24. The molecule has 0 bridgehead atoms. The second-order valence-corrected chi connectivity index (χ2v) is 3.18. The first-order chi connectivity index (χ1) is 7.91. The zero-order chi connectivity index (χ0) is 13.0. The molecule has 0 aliphatic carbocycles. The van der Waals surface area contributed by atoms with Crippen molar-refractivity contribution in [3.63, 3.8) is 0 Å². The van der Waals surface area contributed by atoms with Gasteiger partial charge in [0.15, 0.2) is 0 Å². The number of benzene rings is 1. The summed E-state index contributed by atoms with van der Waals surface area (Å²) in [6, 6.07) is 3.13. The number of carboxylic acids is 1. The first kappa shape index (κ1) is 12.8. The van der Waals surface area contributed by atoms with Crippen LogP contribution >= 0.6 is 0 Å². The second kappa shape index (κ2) is 5.20. The van der Waals surface area contributed by atoms with Gasteiger partial charge in [0, 0.05) is 12.5 Å². The molecule has 90 valence electrons. The zero-order valence-electron chi connectivity index (χ0n) is 8.83. The molecule has 0 saturated carbocycles. The van der Waals surface area contributed by atoms with Crippen LogP contribution in [-0.2, 0) is 9.59 Å². The van der Waals surface area contributed by atoms with E-state index in [-0.39, 0.29) is 0 Å². The fourth-order valence-corrected chi connectivity index (χ4v) is 1.13. The van der Waals surface area contributed by atoms with E-state index < -0.39 is 34.8 Å². The van der Waals surface area contributed by atoms with Crippen molar-refractivity contribution in [2.45, 2.75) is 6.92 Å². The third-order valence-electron chi connectivity index (χ3n) is 1.83. The quantitative estimate of drug-likeness (QED) is 0.788. The molecule has 0 aromatic heterocycles. The van der Waals surface area contributed by atoms with Gasteiger partial charge < -0.3 is 10.4 Å². The Hall–Kier alpha value is -2.24. The summed E-state index contributed by atoms with van der Waals surface area (Å²) < 4.78 is 26.4. The summed E-state index contributed by atoms with van der Waals surface area (Å²) in [7, 11) is 0. The van der Waals surface area contributed by atoms with Gasteiger partial charge >= 0.3 is 5.97 Å². The fourth-order valence-electron chi connectivity index (χ4n) is 1.13. The molecule has 0 heterocycles. The van der Waals surface area contributed by atoms with Crippen LogP contribution in [0.4, 0.5) is 8.78 Å². The van der Waals surface area contributed by atoms with Crippen LogP contribution in [0, 0.1) is 11.6 Å². The van der Waals surface area contributed by atoms with Crippen LogP contribution in [0.15, 0.2) is 23.9 Å². The summed E-state index contributed by atoms with van der Waals surface area (Å²) in [5.41, 5.74) is -1.11. The standard InChI is InChI=1S/C11H9F2NO3/c1-6(15)14-10(11(16)17)5-7-8(12)3-2-4-9(7)13/h2-5H,1H3,(H,14,15)(H,16,17)/b10-5+. The lowest BCUT2D eigenvalue weighted by atomic mass is 10.1. The van der Waals surface area contributed by atoms with Gasteiger partial charge in [-0.2, -0.15) is 0 Å². The Labute approximate surface area is 95.6 Å². The summed E-state index contributed by atoms with van der Waals surface area (Å²) in [5, 5.41) is 10.7. The fraction of sp³-hybridized carbons (Fsp3) is 0.0909. The van der Waals surface area contributed by atoms with E-state index in [2.05, 4.69) is 0 Å². The average molecular weight is 241 g/mol. The number of carbonyl (C=O) groups is 2. The van der Waals surface area contributed by atoms with Gasteiger partial charge in [0.05, 0.1) is 0 Å².